The van der Waals surface area contributed by atoms with E-state index in [1.54, 1.807) is 13.0 Å². The second-order valence-corrected chi connectivity index (χ2v) is 12.0. The van der Waals surface area contributed by atoms with Gasteiger partial charge in [0.25, 0.3) is 0 Å². The number of fused-ring (bicyclic) bond motifs is 6. The summed E-state index contributed by atoms with van der Waals surface area (Å²) in [6.07, 6.45) is 5.53. The van der Waals surface area contributed by atoms with Gasteiger partial charge in [0.15, 0.2) is 45.3 Å². The van der Waals surface area contributed by atoms with Crippen molar-refractivity contribution in [2.45, 2.75) is 38.7 Å². The summed E-state index contributed by atoms with van der Waals surface area (Å²) in [7, 11) is 0. The van der Waals surface area contributed by atoms with Gasteiger partial charge in [-0.05, 0) is 63.2 Å². The Kier molecular flexibility index (Phi) is 6.31. The molecule has 0 saturated heterocycles. The van der Waals surface area contributed by atoms with E-state index in [1.165, 1.54) is 54.6 Å². The largest absolute Gasteiger partial charge is 0.507 e. The van der Waals surface area contributed by atoms with Crippen molar-refractivity contribution >= 4 is 50.0 Å². The van der Waals surface area contributed by atoms with E-state index in [-0.39, 0.29) is 78.4 Å². The number of hydrogen-bond acceptors (Lipinski definition) is 10. The number of phenolic OH excluding ortho intramolecular Hbond substituents is 5. The molecule has 0 bridgehead atoms. The maximum Gasteiger partial charge on any atom is 0.204 e. The fourth-order valence-electron chi connectivity index (χ4n) is 6.28. The lowest BCUT2D eigenvalue weighted by molar-refractivity contribution is 0.109. The third-order valence-corrected chi connectivity index (χ3v) is 8.36. The van der Waals surface area contributed by atoms with Gasteiger partial charge in [0.2, 0.25) is 10.9 Å². The van der Waals surface area contributed by atoms with Gasteiger partial charge in [-0.15, -0.1) is 0 Å². The summed E-state index contributed by atoms with van der Waals surface area (Å²) < 4.78 is 18.3. The Morgan fingerprint density at radius 1 is 0.783 bits per heavy atom. The van der Waals surface area contributed by atoms with Crippen LogP contribution in [0.25, 0.3) is 50.0 Å². The normalized spacial score (nSPS) is 17.9. The molecule has 0 unspecified atom stereocenters. The fraction of sp³-hybridized carbons (Fsp3) is 0.167. The SMILES string of the molecule is CC(C)=C[C@@H]1C[C@](C)(/C=C/c2cc(O)c3c(=O)c4cccc(O)c4oc3c2O)Oc2c1cc(O)c1c(=O)c3cccc(O)c3oc21. The van der Waals surface area contributed by atoms with Gasteiger partial charge in [0, 0.05) is 23.5 Å². The first kappa shape index (κ1) is 28.8. The predicted molar refractivity (Wildman–Crippen MR) is 173 cm³/mol. The molecule has 232 valence electrons. The second kappa shape index (κ2) is 10.1. The van der Waals surface area contributed by atoms with Crippen molar-refractivity contribution in [2.75, 3.05) is 0 Å². The molecule has 0 aliphatic carbocycles. The zero-order chi connectivity index (χ0) is 32.7. The van der Waals surface area contributed by atoms with Crippen molar-refractivity contribution in [3.8, 4) is 34.5 Å². The highest BCUT2D eigenvalue weighted by molar-refractivity contribution is 6.00. The Bertz CT molecular complexity index is 2460. The molecule has 10 nitrogen and oxygen atoms in total. The van der Waals surface area contributed by atoms with E-state index in [0.29, 0.717) is 12.0 Å². The van der Waals surface area contributed by atoms with Crippen LogP contribution in [0.15, 0.2) is 84.7 Å². The van der Waals surface area contributed by atoms with E-state index >= 15 is 0 Å². The lowest BCUT2D eigenvalue weighted by Gasteiger charge is -2.37. The van der Waals surface area contributed by atoms with Crippen LogP contribution < -0.4 is 15.6 Å². The second-order valence-electron chi connectivity index (χ2n) is 12.0. The molecule has 0 radical (unpaired) electrons. The molecule has 0 fully saturated rings. The zero-order valence-corrected chi connectivity index (χ0v) is 24.9. The molecule has 1 aliphatic rings. The molecule has 2 atom stereocenters. The van der Waals surface area contributed by atoms with Crippen LogP contribution in [0.3, 0.4) is 0 Å². The van der Waals surface area contributed by atoms with E-state index in [1.807, 2.05) is 19.9 Å². The van der Waals surface area contributed by atoms with Gasteiger partial charge < -0.3 is 39.1 Å². The van der Waals surface area contributed by atoms with Crippen LogP contribution in [-0.2, 0) is 0 Å². The van der Waals surface area contributed by atoms with Crippen molar-refractivity contribution in [3.05, 3.63) is 97.8 Å². The van der Waals surface area contributed by atoms with E-state index < -0.39 is 28.0 Å². The van der Waals surface area contributed by atoms with Crippen molar-refractivity contribution in [1.82, 2.24) is 0 Å². The van der Waals surface area contributed by atoms with Gasteiger partial charge in [0.1, 0.15) is 27.9 Å². The summed E-state index contributed by atoms with van der Waals surface area (Å²) in [6.45, 7) is 5.65. The first-order valence-electron chi connectivity index (χ1n) is 14.5. The van der Waals surface area contributed by atoms with Gasteiger partial charge in [-0.1, -0.05) is 29.9 Å². The highest BCUT2D eigenvalue weighted by atomic mass is 16.5. The van der Waals surface area contributed by atoms with Crippen LogP contribution in [0.2, 0.25) is 0 Å². The van der Waals surface area contributed by atoms with Crippen molar-refractivity contribution in [3.63, 3.8) is 0 Å². The predicted octanol–water partition coefficient (Wildman–Crippen LogP) is 7.04. The first-order chi connectivity index (χ1) is 21.9. The Morgan fingerprint density at radius 3 is 1.96 bits per heavy atom. The minimum Gasteiger partial charge on any atom is -0.507 e. The highest BCUT2D eigenvalue weighted by Gasteiger charge is 2.38. The van der Waals surface area contributed by atoms with E-state index in [0.717, 1.165) is 5.57 Å². The molecule has 6 aromatic rings. The quantitative estimate of drug-likeness (QED) is 0.0785. The third-order valence-electron chi connectivity index (χ3n) is 8.36. The molecule has 0 spiro atoms. The Hall–Kier alpha value is -5.90. The summed E-state index contributed by atoms with van der Waals surface area (Å²) in [5.74, 6) is -1.79. The van der Waals surface area contributed by atoms with Crippen LogP contribution >= 0.6 is 0 Å². The van der Waals surface area contributed by atoms with Crippen molar-refractivity contribution < 1.29 is 39.1 Å². The number of hydrogen-bond donors (Lipinski definition) is 5. The topological polar surface area (TPSA) is 171 Å². The maximum absolute atomic E-state index is 13.5. The van der Waals surface area contributed by atoms with E-state index in [4.69, 9.17) is 13.6 Å². The lowest BCUT2D eigenvalue weighted by Crippen LogP contribution is -2.36. The van der Waals surface area contributed by atoms with Crippen molar-refractivity contribution in [1.29, 1.82) is 0 Å². The minimum absolute atomic E-state index is 0.0276. The summed E-state index contributed by atoms with van der Waals surface area (Å²) in [5.41, 5.74) is -1.07. The van der Waals surface area contributed by atoms with Gasteiger partial charge in [0.05, 0.1) is 10.8 Å². The number of benzene rings is 4. The molecule has 1 aliphatic heterocycles. The van der Waals surface area contributed by atoms with E-state index in [2.05, 4.69) is 0 Å². The standard InChI is InChI=1S/C36H28O10/c1-16(2)12-18-15-36(3,46-33-21(18)14-25(40)27-30(43)20-7-5-9-23(38)32(20)45-35(27)33)11-10-17-13-24(39)26-29(42)19-6-4-8-22(37)31(19)44-34(26)28(17)41/h4-14,18,37-41H,15H2,1-3H3/b11-10+/t18-,36+/m1/s1. The number of ether oxygens (including phenoxy) is 1. The average molecular weight is 621 g/mol. The maximum atomic E-state index is 13.5. The number of aromatic hydroxyl groups is 5. The molecule has 4 aromatic carbocycles. The molecular weight excluding hydrogens is 592 g/mol. The molecule has 2 aromatic heterocycles. The summed E-state index contributed by atoms with van der Waals surface area (Å²) >= 11 is 0. The molecule has 3 heterocycles. The number of phenols is 5. The summed E-state index contributed by atoms with van der Waals surface area (Å²) in [5, 5.41) is 53.6. The van der Waals surface area contributed by atoms with Crippen LogP contribution in [0.1, 0.15) is 44.2 Å². The summed E-state index contributed by atoms with van der Waals surface area (Å²) in [6, 6.07) is 11.4. The fourth-order valence-corrected chi connectivity index (χ4v) is 6.28. The smallest absolute Gasteiger partial charge is 0.204 e. The molecular formula is C36H28O10. The Labute approximate surface area is 259 Å². The molecule has 5 N–H and O–H groups in total. The Morgan fingerprint density at radius 2 is 1.35 bits per heavy atom. The first-order valence-corrected chi connectivity index (χ1v) is 14.5. The average Bonchev–Trinajstić information content (AvgIpc) is 2.99. The number of para-hydroxylation sites is 2. The van der Waals surface area contributed by atoms with Crippen LogP contribution in [0, 0.1) is 0 Å². The lowest BCUT2D eigenvalue weighted by atomic mass is 9.81. The molecule has 0 saturated carbocycles. The molecule has 46 heavy (non-hydrogen) atoms. The van der Waals surface area contributed by atoms with Gasteiger partial charge in [-0.25, -0.2) is 0 Å². The van der Waals surface area contributed by atoms with Gasteiger partial charge in [-0.3, -0.25) is 9.59 Å². The van der Waals surface area contributed by atoms with Crippen LogP contribution in [0.5, 0.6) is 34.5 Å². The molecule has 7 rings (SSSR count). The van der Waals surface area contributed by atoms with E-state index in [9.17, 15) is 35.1 Å². The Balaban J connectivity index is 1.41. The monoisotopic (exact) mass is 620 g/mol. The van der Waals surface area contributed by atoms with Crippen LogP contribution in [0.4, 0.5) is 0 Å². The number of allylic oxidation sites excluding steroid dienone is 2. The highest BCUT2D eigenvalue weighted by Crippen LogP contribution is 2.49. The number of rotatable bonds is 3. The summed E-state index contributed by atoms with van der Waals surface area (Å²) in [4.78, 5) is 26.6. The van der Waals surface area contributed by atoms with Gasteiger partial charge in [-0.2, -0.15) is 0 Å². The molecule has 10 heteroatoms. The zero-order valence-electron chi connectivity index (χ0n) is 24.9. The van der Waals surface area contributed by atoms with Crippen molar-refractivity contribution in [2.24, 2.45) is 0 Å². The molecule has 0 amide bonds. The van der Waals surface area contributed by atoms with Crippen LogP contribution in [-0.4, -0.2) is 31.1 Å². The third kappa shape index (κ3) is 4.33. The van der Waals surface area contributed by atoms with Gasteiger partial charge >= 0.3 is 0 Å². The minimum atomic E-state index is -1.10.